The lowest BCUT2D eigenvalue weighted by molar-refractivity contribution is -0.139. The molecule has 2 N–H and O–H groups in total. The summed E-state index contributed by atoms with van der Waals surface area (Å²) in [5.74, 6) is 1.08. The van der Waals surface area contributed by atoms with Crippen molar-refractivity contribution in [2.45, 2.75) is 65.6 Å². The largest absolute Gasteiger partial charge is 0.494 e. The lowest BCUT2D eigenvalue weighted by Crippen LogP contribution is -2.41. The van der Waals surface area contributed by atoms with Gasteiger partial charge in [-0.25, -0.2) is 0 Å². The van der Waals surface area contributed by atoms with Gasteiger partial charge >= 0.3 is 5.97 Å². The quantitative estimate of drug-likeness (QED) is 0.143. The van der Waals surface area contributed by atoms with E-state index in [0.29, 0.717) is 41.8 Å². The summed E-state index contributed by atoms with van der Waals surface area (Å²) < 4.78 is 24.6. The number of rotatable bonds is 16. The first-order valence-electron chi connectivity index (χ1n) is 18.5. The molecule has 52 heavy (non-hydrogen) atoms. The van der Waals surface area contributed by atoms with Crippen LogP contribution in [0.5, 0.6) is 17.2 Å². The Bertz CT molecular complexity index is 1710. The van der Waals surface area contributed by atoms with Gasteiger partial charge < -0.3 is 34.3 Å². The van der Waals surface area contributed by atoms with Gasteiger partial charge in [0.25, 0.3) is 0 Å². The van der Waals surface area contributed by atoms with Crippen molar-refractivity contribution in [2.24, 2.45) is 16.7 Å². The van der Waals surface area contributed by atoms with Crippen LogP contribution >= 0.6 is 11.6 Å². The topological polar surface area (TPSA) is 102 Å². The number of carboxylic acid groups (broad SMARTS) is 1. The number of nitrogens with zero attached hydrogens (tertiary/aromatic N) is 2. The number of ether oxygens (including phenoxy) is 4. The molecule has 1 aliphatic carbocycles. The molecule has 2 aromatic carbocycles. The monoisotopic (exact) mass is 729 g/mol. The van der Waals surface area contributed by atoms with Gasteiger partial charge in [0.1, 0.15) is 29.9 Å². The van der Waals surface area contributed by atoms with E-state index in [1.54, 1.807) is 31.5 Å². The number of nitrogens with one attached hydrogen (secondary N) is 1. The zero-order valence-corrected chi connectivity index (χ0v) is 31.4. The van der Waals surface area contributed by atoms with Crippen molar-refractivity contribution in [1.29, 1.82) is 0 Å². The highest BCUT2D eigenvalue weighted by molar-refractivity contribution is 6.32. The van der Waals surface area contributed by atoms with E-state index < -0.39 is 12.0 Å². The molecule has 3 aliphatic rings. The predicted octanol–water partition coefficient (Wildman–Crippen LogP) is 7.82. The zero-order valence-electron chi connectivity index (χ0n) is 30.6. The fourth-order valence-electron chi connectivity index (χ4n) is 7.33. The molecule has 9 nitrogen and oxygen atoms in total. The molecule has 6 rings (SSSR count). The second-order valence-electron chi connectivity index (χ2n) is 15.0. The number of carboxylic acids is 1. The molecule has 2 unspecified atom stereocenters. The summed E-state index contributed by atoms with van der Waals surface area (Å²) in [6.45, 7) is 13.0. The number of aliphatic carboxylic acids is 1. The maximum Gasteiger partial charge on any atom is 0.320 e. The van der Waals surface area contributed by atoms with Crippen molar-refractivity contribution in [3.05, 3.63) is 101 Å². The third-order valence-corrected chi connectivity index (χ3v) is 11.3. The Labute approximate surface area is 313 Å². The van der Waals surface area contributed by atoms with Crippen LogP contribution in [0.15, 0.2) is 79.2 Å². The number of pyridine rings is 1. The summed E-state index contributed by atoms with van der Waals surface area (Å²) in [7, 11) is 0. The molecular weight excluding hydrogens is 678 g/mol. The number of carbonyl (C=O) groups is 1. The lowest BCUT2D eigenvalue weighted by atomic mass is 9.68. The van der Waals surface area contributed by atoms with Gasteiger partial charge in [0.15, 0.2) is 0 Å². The first kappa shape index (κ1) is 37.9. The third kappa shape index (κ3) is 9.55. The van der Waals surface area contributed by atoms with Crippen LogP contribution < -0.4 is 19.5 Å². The molecule has 0 saturated carbocycles. The van der Waals surface area contributed by atoms with E-state index in [2.05, 4.69) is 65.5 Å². The summed E-state index contributed by atoms with van der Waals surface area (Å²) in [6.07, 6.45) is 14.7. The van der Waals surface area contributed by atoms with E-state index in [4.69, 9.17) is 30.5 Å². The molecule has 1 spiro atoms. The summed E-state index contributed by atoms with van der Waals surface area (Å²) in [5.41, 5.74) is 4.19. The van der Waals surface area contributed by atoms with Crippen LogP contribution in [0.1, 0.15) is 63.1 Å². The molecule has 1 aromatic heterocycles. The lowest BCUT2D eigenvalue weighted by Gasteiger charge is -2.38. The number of aromatic nitrogens is 1. The summed E-state index contributed by atoms with van der Waals surface area (Å²) in [4.78, 5) is 18.2. The van der Waals surface area contributed by atoms with Crippen molar-refractivity contribution in [3.8, 4) is 17.2 Å². The second kappa shape index (κ2) is 17.3. The van der Waals surface area contributed by atoms with E-state index in [0.717, 1.165) is 61.7 Å². The third-order valence-electron chi connectivity index (χ3n) is 11.0. The highest BCUT2D eigenvalue weighted by atomic mass is 35.5. The Hall–Kier alpha value is -3.89. The molecule has 2 fully saturated rings. The van der Waals surface area contributed by atoms with Gasteiger partial charge in [-0.15, -0.1) is 0 Å². The maximum absolute atomic E-state index is 11.4. The molecule has 2 aliphatic heterocycles. The average Bonchev–Trinajstić information content (AvgIpc) is 3.60. The smallest absolute Gasteiger partial charge is 0.320 e. The minimum absolute atomic E-state index is 0.0603. The number of allylic oxidation sites excluding steroid dienone is 3. The molecule has 0 bridgehead atoms. The Morgan fingerprint density at radius 1 is 1.10 bits per heavy atom. The van der Waals surface area contributed by atoms with E-state index >= 15 is 0 Å². The van der Waals surface area contributed by atoms with Gasteiger partial charge in [0.05, 0.1) is 24.8 Å². The van der Waals surface area contributed by atoms with Crippen LogP contribution in [-0.4, -0.2) is 73.1 Å². The number of piperidine rings is 1. The first-order valence-corrected chi connectivity index (χ1v) is 18.9. The van der Waals surface area contributed by atoms with Crippen molar-refractivity contribution in [3.63, 3.8) is 0 Å². The maximum atomic E-state index is 11.4. The highest BCUT2D eigenvalue weighted by Gasteiger charge is 2.38. The predicted molar refractivity (Wildman–Crippen MR) is 204 cm³/mol. The first-order chi connectivity index (χ1) is 25.1. The number of hydrogen-bond acceptors (Lipinski definition) is 8. The van der Waals surface area contributed by atoms with Gasteiger partial charge in [-0.05, 0) is 91.9 Å². The Morgan fingerprint density at radius 2 is 1.94 bits per heavy atom. The average molecular weight is 730 g/mol. The Balaban J connectivity index is 1.06. The Kier molecular flexibility index (Phi) is 12.6. The SMILES string of the molecule is CC(NCc1cc(Cl)c(OCC2C=CC=C(c3cccc(OCCCN4CCC5(CCOC5)CC4)c3)C2(C)C)cc1OCc1cccnc1)C(=O)O. The number of hydrogen-bond donors (Lipinski definition) is 2. The molecule has 0 amide bonds. The summed E-state index contributed by atoms with van der Waals surface area (Å²) >= 11 is 6.76. The van der Waals surface area contributed by atoms with Crippen molar-refractivity contribution in [2.75, 3.05) is 46.1 Å². The van der Waals surface area contributed by atoms with Crippen molar-refractivity contribution < 1.29 is 28.8 Å². The van der Waals surface area contributed by atoms with Gasteiger partial charge in [0, 0.05) is 55.2 Å². The van der Waals surface area contributed by atoms with Gasteiger partial charge in [-0.1, -0.05) is 61.9 Å². The second-order valence-corrected chi connectivity index (χ2v) is 15.4. The van der Waals surface area contributed by atoms with Gasteiger partial charge in [-0.2, -0.15) is 0 Å². The molecule has 0 radical (unpaired) electrons. The van der Waals surface area contributed by atoms with Crippen molar-refractivity contribution >= 4 is 23.1 Å². The molecule has 2 atom stereocenters. The zero-order chi connectivity index (χ0) is 36.6. The Morgan fingerprint density at radius 3 is 2.69 bits per heavy atom. The van der Waals surface area contributed by atoms with E-state index in [9.17, 15) is 9.90 Å². The standard InChI is InChI=1S/C42H52ClN3O6/c1-30(40(47)48)45-26-33-23-37(43)39(24-38(33)51-27-31-8-6-16-44-25-31)52-28-34-10-5-12-36(41(34,2)3)32-9-4-11-35(22-32)50-20-7-17-46-18-13-42(14-19-46)15-21-49-29-42/h4-6,8-12,16,22-25,30,34,45H,7,13-15,17-21,26-29H2,1-3H3,(H,47,48). The molecule has 278 valence electrons. The molecule has 2 saturated heterocycles. The molecule has 3 heterocycles. The highest BCUT2D eigenvalue weighted by Crippen LogP contribution is 2.45. The minimum Gasteiger partial charge on any atom is -0.494 e. The fourth-order valence-corrected chi connectivity index (χ4v) is 7.57. The molecular formula is C42H52ClN3O6. The van der Waals surface area contributed by atoms with E-state index in [1.807, 2.05) is 18.2 Å². The van der Waals surface area contributed by atoms with E-state index in [-0.39, 0.29) is 17.9 Å². The summed E-state index contributed by atoms with van der Waals surface area (Å²) in [6, 6.07) is 15.0. The molecule has 3 aromatic rings. The fraction of sp³-hybridized carbons (Fsp3) is 0.476. The minimum atomic E-state index is -0.934. The number of halogens is 1. The van der Waals surface area contributed by atoms with Crippen molar-refractivity contribution in [1.82, 2.24) is 15.2 Å². The summed E-state index contributed by atoms with van der Waals surface area (Å²) in [5, 5.41) is 12.8. The number of likely N-dealkylation sites (tertiary alicyclic amines) is 1. The van der Waals surface area contributed by atoms with Gasteiger partial charge in [-0.3, -0.25) is 9.78 Å². The molecule has 10 heteroatoms. The van der Waals surface area contributed by atoms with Crippen LogP contribution in [-0.2, 0) is 22.7 Å². The van der Waals surface area contributed by atoms with Crippen LogP contribution in [0.4, 0.5) is 0 Å². The van der Waals surface area contributed by atoms with Crippen LogP contribution in [0.3, 0.4) is 0 Å². The number of benzene rings is 2. The van der Waals surface area contributed by atoms with Crippen LogP contribution in [0, 0.1) is 16.7 Å². The van der Waals surface area contributed by atoms with Gasteiger partial charge in [0.2, 0.25) is 0 Å². The van der Waals surface area contributed by atoms with E-state index in [1.165, 1.54) is 24.8 Å². The van der Waals surface area contributed by atoms with Crippen LogP contribution in [0.2, 0.25) is 5.02 Å². The normalized spacial score (nSPS) is 20.0. The van der Waals surface area contributed by atoms with Crippen LogP contribution in [0.25, 0.3) is 5.57 Å².